The summed E-state index contributed by atoms with van der Waals surface area (Å²) in [5.41, 5.74) is 6.85. The van der Waals surface area contributed by atoms with Gasteiger partial charge in [-0.05, 0) is 0 Å². The second kappa shape index (κ2) is 11.0. The molecule has 1 fully saturated rings. The number of rotatable bonds is 11. The number of morpholine rings is 1. The van der Waals surface area contributed by atoms with Gasteiger partial charge in [0.15, 0.2) is 11.6 Å². The summed E-state index contributed by atoms with van der Waals surface area (Å²) in [4.78, 5) is 13.1. The molecule has 25 heavy (non-hydrogen) atoms. The summed E-state index contributed by atoms with van der Waals surface area (Å²) in [6, 6.07) is 0. The van der Waals surface area contributed by atoms with Crippen molar-refractivity contribution >= 4 is 17.3 Å². The maximum absolute atomic E-state index is 6.30. The van der Waals surface area contributed by atoms with E-state index in [2.05, 4.69) is 25.1 Å². The topological polar surface area (TPSA) is 98.0 Å². The summed E-state index contributed by atoms with van der Waals surface area (Å²) in [7, 11) is 3.35. The lowest BCUT2D eigenvalue weighted by Crippen LogP contribution is -2.39. The lowest BCUT2D eigenvalue weighted by Gasteiger charge is -2.27. The normalized spacial score (nSPS) is 15.3. The van der Waals surface area contributed by atoms with E-state index in [0.29, 0.717) is 43.6 Å². The van der Waals surface area contributed by atoms with Crippen LogP contribution in [-0.2, 0) is 14.2 Å². The zero-order valence-electron chi connectivity index (χ0n) is 15.2. The molecule has 1 saturated heterocycles. The molecular weight excluding hydrogens is 324 g/mol. The molecule has 0 unspecified atom stereocenters. The smallest absolute Gasteiger partial charge is 0.157 e. The van der Waals surface area contributed by atoms with E-state index in [4.69, 9.17) is 19.9 Å². The predicted octanol–water partition coefficient (Wildman–Crippen LogP) is -0.0979. The van der Waals surface area contributed by atoms with Gasteiger partial charge in [0.1, 0.15) is 12.0 Å². The van der Waals surface area contributed by atoms with Crippen LogP contribution in [0.15, 0.2) is 6.33 Å². The van der Waals surface area contributed by atoms with E-state index in [0.717, 1.165) is 39.4 Å². The highest BCUT2D eigenvalue weighted by Crippen LogP contribution is 2.25. The molecule has 3 N–H and O–H groups in total. The molecule has 0 saturated carbocycles. The van der Waals surface area contributed by atoms with Crippen molar-refractivity contribution in [3.05, 3.63) is 6.33 Å². The third-order valence-corrected chi connectivity index (χ3v) is 4.12. The lowest BCUT2D eigenvalue weighted by molar-refractivity contribution is 0.0398. The maximum atomic E-state index is 6.30. The van der Waals surface area contributed by atoms with Crippen LogP contribution in [0.1, 0.15) is 0 Å². The van der Waals surface area contributed by atoms with Crippen LogP contribution >= 0.6 is 0 Å². The number of nitrogens with zero attached hydrogens (tertiary/aromatic N) is 4. The standard InChI is InChI=1S/C16H30N6O3/c1-23-9-7-22(8-10-24-2)16-14(17)15(19-13-20-16)18-3-4-21-5-11-25-12-6-21/h13H,3-12,17H2,1-2H3,(H,18,19,20). The fourth-order valence-electron chi connectivity index (χ4n) is 2.66. The third kappa shape index (κ3) is 6.28. The summed E-state index contributed by atoms with van der Waals surface area (Å²) in [5, 5.41) is 3.32. The van der Waals surface area contributed by atoms with Gasteiger partial charge in [0, 0.05) is 53.5 Å². The summed E-state index contributed by atoms with van der Waals surface area (Å²) < 4.78 is 15.7. The van der Waals surface area contributed by atoms with E-state index >= 15 is 0 Å². The van der Waals surface area contributed by atoms with Crippen LogP contribution in [0.5, 0.6) is 0 Å². The number of hydrogen-bond acceptors (Lipinski definition) is 9. The second-order valence-electron chi connectivity index (χ2n) is 5.81. The third-order valence-electron chi connectivity index (χ3n) is 4.12. The molecule has 0 amide bonds. The first-order valence-electron chi connectivity index (χ1n) is 8.63. The van der Waals surface area contributed by atoms with Gasteiger partial charge >= 0.3 is 0 Å². The van der Waals surface area contributed by atoms with Crippen LogP contribution < -0.4 is 16.0 Å². The molecule has 1 aromatic heterocycles. The molecule has 2 rings (SSSR count). The van der Waals surface area contributed by atoms with Crippen molar-refractivity contribution in [3.8, 4) is 0 Å². The number of ether oxygens (including phenoxy) is 3. The molecule has 9 nitrogen and oxygen atoms in total. The molecule has 9 heteroatoms. The van der Waals surface area contributed by atoms with Gasteiger partial charge in [-0.15, -0.1) is 0 Å². The Balaban J connectivity index is 1.95. The lowest BCUT2D eigenvalue weighted by atomic mass is 10.3. The van der Waals surface area contributed by atoms with Crippen molar-refractivity contribution in [1.29, 1.82) is 0 Å². The molecule has 0 radical (unpaired) electrons. The number of aromatic nitrogens is 2. The summed E-state index contributed by atoms with van der Waals surface area (Å²) >= 11 is 0. The van der Waals surface area contributed by atoms with Crippen molar-refractivity contribution in [2.75, 3.05) is 95.9 Å². The van der Waals surface area contributed by atoms with Crippen molar-refractivity contribution in [3.63, 3.8) is 0 Å². The molecule has 2 heterocycles. The molecular formula is C16H30N6O3. The van der Waals surface area contributed by atoms with E-state index in [9.17, 15) is 0 Å². The summed E-state index contributed by atoms with van der Waals surface area (Å²) in [6.45, 7) is 7.79. The average molecular weight is 354 g/mol. The number of anilines is 3. The molecule has 1 aromatic rings. The maximum Gasteiger partial charge on any atom is 0.157 e. The van der Waals surface area contributed by atoms with Gasteiger partial charge in [-0.25, -0.2) is 9.97 Å². The highest BCUT2D eigenvalue weighted by Gasteiger charge is 2.15. The van der Waals surface area contributed by atoms with E-state index in [1.807, 2.05) is 0 Å². The summed E-state index contributed by atoms with van der Waals surface area (Å²) in [6.07, 6.45) is 1.54. The number of hydrogen-bond donors (Lipinski definition) is 2. The van der Waals surface area contributed by atoms with Crippen molar-refractivity contribution in [2.24, 2.45) is 0 Å². The predicted molar refractivity (Wildman–Crippen MR) is 98.2 cm³/mol. The highest BCUT2D eigenvalue weighted by atomic mass is 16.5. The van der Waals surface area contributed by atoms with Crippen LogP contribution in [0.3, 0.4) is 0 Å². The number of nitrogen functional groups attached to an aromatic ring is 1. The molecule has 0 bridgehead atoms. The molecule has 0 spiro atoms. The molecule has 1 aliphatic heterocycles. The Morgan fingerprint density at radius 1 is 1.20 bits per heavy atom. The first kappa shape index (κ1) is 19.6. The van der Waals surface area contributed by atoms with Crippen LogP contribution in [0.4, 0.5) is 17.3 Å². The monoisotopic (exact) mass is 354 g/mol. The van der Waals surface area contributed by atoms with E-state index < -0.39 is 0 Å². The van der Waals surface area contributed by atoms with Crippen LogP contribution in [0.2, 0.25) is 0 Å². The Kier molecular flexibility index (Phi) is 8.67. The van der Waals surface area contributed by atoms with Gasteiger partial charge in [-0.3, -0.25) is 4.90 Å². The van der Waals surface area contributed by atoms with E-state index in [1.54, 1.807) is 14.2 Å². The Morgan fingerprint density at radius 2 is 1.88 bits per heavy atom. The fourth-order valence-corrected chi connectivity index (χ4v) is 2.66. The first-order valence-corrected chi connectivity index (χ1v) is 8.63. The Hall–Kier alpha value is -1.68. The van der Waals surface area contributed by atoms with Gasteiger partial charge in [0.05, 0.1) is 26.4 Å². The van der Waals surface area contributed by atoms with E-state index in [-0.39, 0.29) is 0 Å². The second-order valence-corrected chi connectivity index (χ2v) is 5.81. The molecule has 0 atom stereocenters. The Morgan fingerprint density at radius 3 is 2.52 bits per heavy atom. The number of nitrogens with one attached hydrogen (secondary N) is 1. The summed E-state index contributed by atoms with van der Waals surface area (Å²) in [5.74, 6) is 1.37. The Bertz CT molecular complexity index is 491. The quantitative estimate of drug-likeness (QED) is 0.564. The molecule has 1 aliphatic rings. The van der Waals surface area contributed by atoms with Crippen LogP contribution in [-0.4, -0.2) is 94.8 Å². The zero-order chi connectivity index (χ0) is 17.9. The van der Waals surface area contributed by atoms with Gasteiger partial charge in [0.25, 0.3) is 0 Å². The van der Waals surface area contributed by atoms with Crippen molar-refractivity contribution < 1.29 is 14.2 Å². The van der Waals surface area contributed by atoms with Crippen molar-refractivity contribution in [2.45, 2.75) is 0 Å². The van der Waals surface area contributed by atoms with Gasteiger partial charge in [-0.2, -0.15) is 0 Å². The molecule has 142 valence electrons. The van der Waals surface area contributed by atoms with Crippen molar-refractivity contribution in [1.82, 2.24) is 14.9 Å². The highest BCUT2D eigenvalue weighted by molar-refractivity contribution is 5.74. The van der Waals surface area contributed by atoms with E-state index in [1.165, 1.54) is 6.33 Å². The zero-order valence-corrected chi connectivity index (χ0v) is 15.2. The van der Waals surface area contributed by atoms with Crippen LogP contribution in [0, 0.1) is 0 Å². The minimum absolute atomic E-state index is 0.552. The molecule has 0 aromatic carbocycles. The van der Waals surface area contributed by atoms with Gasteiger partial charge in [-0.1, -0.05) is 0 Å². The van der Waals surface area contributed by atoms with Gasteiger partial charge < -0.3 is 30.2 Å². The minimum Gasteiger partial charge on any atom is -0.393 e. The van der Waals surface area contributed by atoms with Crippen LogP contribution in [0.25, 0.3) is 0 Å². The molecule has 0 aliphatic carbocycles. The number of methoxy groups -OCH3 is 2. The first-order chi connectivity index (χ1) is 12.3. The Labute approximate surface area is 149 Å². The number of nitrogens with two attached hydrogens (primary N) is 1. The minimum atomic E-state index is 0.552. The largest absolute Gasteiger partial charge is 0.393 e. The van der Waals surface area contributed by atoms with Gasteiger partial charge in [0.2, 0.25) is 0 Å². The SMILES string of the molecule is COCCN(CCOC)c1ncnc(NCCN2CCOCC2)c1N. The fraction of sp³-hybridized carbons (Fsp3) is 0.750. The average Bonchev–Trinajstić information content (AvgIpc) is 2.65.